The predicted molar refractivity (Wildman–Crippen MR) is 46.6 cm³/mol. The van der Waals surface area contributed by atoms with E-state index in [2.05, 4.69) is 4.84 Å². The van der Waals surface area contributed by atoms with Gasteiger partial charge < -0.3 is 4.74 Å². The molecule has 0 aromatic heterocycles. The first-order valence-electron chi connectivity index (χ1n) is 3.98. The molecule has 1 unspecified atom stereocenters. The van der Waals surface area contributed by atoms with Crippen LogP contribution in [0.5, 0.6) is 5.75 Å². The Morgan fingerprint density at radius 3 is 2.14 bits per heavy atom. The number of hydrogen-bond acceptors (Lipinski definition) is 3. The van der Waals surface area contributed by atoms with Crippen LogP contribution in [0.25, 0.3) is 0 Å². The van der Waals surface area contributed by atoms with Gasteiger partial charge in [-0.05, 0) is 6.92 Å². The third-order valence-corrected chi connectivity index (χ3v) is 1.90. The van der Waals surface area contributed by atoms with Crippen LogP contribution in [0.15, 0.2) is 12.1 Å². The minimum atomic E-state index is -0.832. The highest BCUT2D eigenvalue weighted by atomic mass is 19.1. The second-order valence-electron chi connectivity index (χ2n) is 2.78. The Morgan fingerprint density at radius 2 is 1.79 bits per heavy atom. The number of ether oxygens (including phenoxy) is 1. The molecule has 0 bridgehead atoms. The fourth-order valence-corrected chi connectivity index (χ4v) is 1.14. The van der Waals surface area contributed by atoms with Gasteiger partial charge in [0.05, 0.1) is 12.7 Å². The average molecular weight is 203 g/mol. The Hall–Kier alpha value is -1.20. The first-order chi connectivity index (χ1) is 6.60. The Kier molecular flexibility index (Phi) is 3.38. The maximum absolute atomic E-state index is 13.3. The summed E-state index contributed by atoms with van der Waals surface area (Å²) in [5.74, 6) is 3.49. The Morgan fingerprint density at radius 1 is 1.29 bits per heavy atom. The van der Waals surface area contributed by atoms with Crippen molar-refractivity contribution < 1.29 is 18.4 Å². The fourth-order valence-electron chi connectivity index (χ4n) is 1.14. The van der Waals surface area contributed by atoms with Crippen molar-refractivity contribution in [2.75, 3.05) is 7.11 Å². The lowest BCUT2D eigenvalue weighted by atomic mass is 10.1. The molecule has 1 rings (SSSR count). The highest BCUT2D eigenvalue weighted by Gasteiger charge is 2.17. The van der Waals surface area contributed by atoms with E-state index in [0.29, 0.717) is 0 Å². The van der Waals surface area contributed by atoms with E-state index in [1.54, 1.807) is 0 Å². The van der Waals surface area contributed by atoms with E-state index < -0.39 is 17.7 Å². The summed E-state index contributed by atoms with van der Waals surface area (Å²) in [6.45, 7) is 1.45. The highest BCUT2D eigenvalue weighted by molar-refractivity contribution is 5.31. The van der Waals surface area contributed by atoms with E-state index >= 15 is 0 Å². The van der Waals surface area contributed by atoms with Crippen molar-refractivity contribution >= 4 is 0 Å². The quantitative estimate of drug-likeness (QED) is 0.763. The molecule has 1 atom stereocenters. The molecule has 78 valence electrons. The topological polar surface area (TPSA) is 44.5 Å². The van der Waals surface area contributed by atoms with Gasteiger partial charge in [0.15, 0.2) is 0 Å². The zero-order valence-corrected chi connectivity index (χ0v) is 7.88. The molecular weight excluding hydrogens is 192 g/mol. The first-order valence-corrected chi connectivity index (χ1v) is 3.98. The minimum absolute atomic E-state index is 0.118. The molecule has 0 aliphatic carbocycles. The normalized spacial score (nSPS) is 12.6. The van der Waals surface area contributed by atoms with Crippen molar-refractivity contribution in [1.82, 2.24) is 0 Å². The van der Waals surface area contributed by atoms with Crippen molar-refractivity contribution in [3.8, 4) is 5.75 Å². The van der Waals surface area contributed by atoms with Gasteiger partial charge in [-0.3, -0.25) is 4.84 Å². The van der Waals surface area contributed by atoms with E-state index in [1.807, 2.05) is 0 Å². The smallest absolute Gasteiger partial charge is 0.135 e. The van der Waals surface area contributed by atoms with E-state index in [-0.39, 0.29) is 11.3 Å². The van der Waals surface area contributed by atoms with Crippen LogP contribution in [0.4, 0.5) is 8.78 Å². The van der Waals surface area contributed by atoms with Crippen molar-refractivity contribution in [3.63, 3.8) is 0 Å². The van der Waals surface area contributed by atoms with Crippen molar-refractivity contribution in [3.05, 3.63) is 29.3 Å². The second kappa shape index (κ2) is 4.34. The molecular formula is C9H11F2NO2. The molecule has 0 aliphatic heterocycles. The van der Waals surface area contributed by atoms with Crippen molar-refractivity contribution in [2.24, 2.45) is 5.90 Å². The molecule has 0 spiro atoms. The van der Waals surface area contributed by atoms with Crippen LogP contribution < -0.4 is 10.6 Å². The molecule has 2 N–H and O–H groups in total. The molecule has 0 heterocycles. The number of hydrogen-bond donors (Lipinski definition) is 1. The van der Waals surface area contributed by atoms with Gasteiger partial charge in [0.2, 0.25) is 0 Å². The lowest BCUT2D eigenvalue weighted by molar-refractivity contribution is 0.0610. The molecule has 0 amide bonds. The third kappa shape index (κ3) is 2.00. The van der Waals surface area contributed by atoms with Crippen LogP contribution in [0, 0.1) is 11.6 Å². The molecule has 0 saturated carbocycles. The van der Waals surface area contributed by atoms with Gasteiger partial charge in [0.1, 0.15) is 23.5 Å². The zero-order chi connectivity index (χ0) is 10.7. The summed E-state index contributed by atoms with van der Waals surface area (Å²) in [6.07, 6.45) is -0.832. The Balaban J connectivity index is 3.18. The van der Waals surface area contributed by atoms with Crippen LogP contribution in [0.1, 0.15) is 18.6 Å². The number of halogens is 2. The lowest BCUT2D eigenvalue weighted by Crippen LogP contribution is -2.09. The van der Waals surface area contributed by atoms with Crippen LogP contribution in [-0.4, -0.2) is 7.11 Å². The lowest BCUT2D eigenvalue weighted by Gasteiger charge is -2.12. The summed E-state index contributed by atoms with van der Waals surface area (Å²) in [5.41, 5.74) is -0.201. The average Bonchev–Trinajstić information content (AvgIpc) is 2.16. The van der Waals surface area contributed by atoms with Crippen LogP contribution in [0.2, 0.25) is 0 Å². The molecule has 3 nitrogen and oxygen atoms in total. The van der Waals surface area contributed by atoms with Gasteiger partial charge in [-0.1, -0.05) is 0 Å². The van der Waals surface area contributed by atoms with Crippen LogP contribution in [-0.2, 0) is 4.84 Å². The zero-order valence-electron chi connectivity index (χ0n) is 7.88. The molecule has 14 heavy (non-hydrogen) atoms. The van der Waals surface area contributed by atoms with Crippen molar-refractivity contribution in [1.29, 1.82) is 0 Å². The Bertz CT molecular complexity index is 308. The van der Waals surface area contributed by atoms with Crippen LogP contribution in [0.3, 0.4) is 0 Å². The van der Waals surface area contributed by atoms with E-state index in [0.717, 1.165) is 12.1 Å². The molecule has 0 saturated heterocycles. The van der Waals surface area contributed by atoms with Gasteiger partial charge in [0.25, 0.3) is 0 Å². The van der Waals surface area contributed by atoms with Gasteiger partial charge in [-0.15, -0.1) is 0 Å². The summed E-state index contributed by atoms with van der Waals surface area (Å²) in [6, 6.07) is 2.15. The number of rotatable bonds is 3. The first kappa shape index (κ1) is 10.9. The van der Waals surface area contributed by atoms with Gasteiger partial charge in [-0.2, -0.15) is 0 Å². The summed E-state index contributed by atoms with van der Waals surface area (Å²) >= 11 is 0. The minimum Gasteiger partial charge on any atom is -0.497 e. The summed E-state index contributed by atoms with van der Waals surface area (Å²) in [7, 11) is 1.33. The second-order valence-corrected chi connectivity index (χ2v) is 2.78. The maximum Gasteiger partial charge on any atom is 0.135 e. The molecule has 1 aromatic rings. The predicted octanol–water partition coefficient (Wildman–Crippen LogP) is 1.92. The molecule has 0 fully saturated rings. The van der Waals surface area contributed by atoms with Gasteiger partial charge in [-0.25, -0.2) is 14.7 Å². The third-order valence-electron chi connectivity index (χ3n) is 1.90. The Labute approximate surface area is 80.4 Å². The van der Waals surface area contributed by atoms with Crippen molar-refractivity contribution in [2.45, 2.75) is 13.0 Å². The van der Waals surface area contributed by atoms with E-state index in [1.165, 1.54) is 14.0 Å². The molecule has 0 aliphatic rings. The summed E-state index contributed by atoms with van der Waals surface area (Å²) in [5, 5.41) is 0. The molecule has 5 heteroatoms. The SMILES string of the molecule is COc1cc(F)c(C(C)ON)c(F)c1. The number of benzene rings is 1. The van der Waals surface area contributed by atoms with Gasteiger partial charge in [0, 0.05) is 12.1 Å². The summed E-state index contributed by atoms with van der Waals surface area (Å²) in [4.78, 5) is 4.35. The maximum atomic E-state index is 13.3. The number of methoxy groups -OCH3 is 1. The van der Waals surface area contributed by atoms with E-state index in [9.17, 15) is 8.78 Å². The monoisotopic (exact) mass is 203 g/mol. The molecule has 0 radical (unpaired) electrons. The standard InChI is InChI=1S/C9H11F2NO2/c1-5(14-12)9-7(10)3-6(13-2)4-8(9)11/h3-5H,12H2,1-2H3. The number of nitrogens with two attached hydrogens (primary N) is 1. The van der Waals surface area contributed by atoms with Crippen LogP contribution >= 0.6 is 0 Å². The van der Waals surface area contributed by atoms with E-state index in [4.69, 9.17) is 10.6 Å². The highest BCUT2D eigenvalue weighted by Crippen LogP contribution is 2.26. The fraction of sp³-hybridized carbons (Fsp3) is 0.333. The largest absolute Gasteiger partial charge is 0.497 e. The summed E-state index contributed by atoms with van der Waals surface area (Å²) < 4.78 is 31.3. The van der Waals surface area contributed by atoms with Gasteiger partial charge >= 0.3 is 0 Å². The molecule has 1 aromatic carbocycles.